The van der Waals surface area contributed by atoms with Crippen LogP contribution in [-0.4, -0.2) is 206 Å². The first kappa shape index (κ1) is 93.7. The molecule has 0 aliphatic heterocycles. The molecule has 0 saturated carbocycles. The molecule has 0 radical (unpaired) electrons. The van der Waals surface area contributed by atoms with Crippen molar-refractivity contribution in [3.63, 3.8) is 0 Å². The van der Waals surface area contributed by atoms with Crippen molar-refractivity contribution >= 4 is 91.0 Å². The molecule has 0 saturated heterocycles. The van der Waals surface area contributed by atoms with Gasteiger partial charge in [0.05, 0.1) is 60.9 Å². The highest BCUT2D eigenvalue weighted by molar-refractivity contribution is 6.01. The van der Waals surface area contributed by atoms with Crippen molar-refractivity contribution in [2.45, 2.75) is 33.1 Å². The number of aromatic nitrogens is 16. The van der Waals surface area contributed by atoms with Crippen LogP contribution in [-0.2, 0) is 54.8 Å². The fourth-order valence-electron chi connectivity index (χ4n) is 13.4. The topological polar surface area (TPSA) is 436 Å². The second-order valence-electron chi connectivity index (χ2n) is 29.9. The second kappa shape index (κ2) is 46.7. The molecule has 0 spiro atoms. The number of para-hydroxylation sites is 4. The number of carbonyl (C=O) groups is 4. The Morgan fingerprint density at radius 2 is 0.602 bits per heavy atom. The van der Waals surface area contributed by atoms with Gasteiger partial charge in [0.2, 0.25) is 23.6 Å². The van der Waals surface area contributed by atoms with Crippen molar-refractivity contribution in [1.82, 2.24) is 104 Å². The van der Waals surface area contributed by atoms with E-state index in [-0.39, 0.29) is 23.6 Å². The summed E-state index contributed by atoms with van der Waals surface area (Å²) in [4.78, 5) is 87.5. The smallest absolute Gasteiger partial charge is 0.246 e. The third-order valence-electron chi connectivity index (χ3n) is 20.1. The van der Waals surface area contributed by atoms with Gasteiger partial charge < -0.3 is 76.7 Å². The van der Waals surface area contributed by atoms with Crippen molar-refractivity contribution in [3.05, 3.63) is 292 Å². The third-order valence-corrected chi connectivity index (χ3v) is 20.1. The van der Waals surface area contributed by atoms with Crippen LogP contribution in [0.1, 0.15) is 6.92 Å². The number of nitrogens with one attached hydrogen (secondary N) is 2. The maximum atomic E-state index is 12.4. The number of benzene rings is 8. The Labute approximate surface area is 766 Å². The van der Waals surface area contributed by atoms with E-state index < -0.39 is 0 Å². The van der Waals surface area contributed by atoms with E-state index in [4.69, 9.17) is 71.8 Å². The molecule has 10 N–H and O–H groups in total. The van der Waals surface area contributed by atoms with Gasteiger partial charge in [-0.25, -0.2) is 58.6 Å². The summed E-state index contributed by atoms with van der Waals surface area (Å²) >= 11 is 0. The minimum Gasteiger partial charge on any atom is -0.457 e. The van der Waals surface area contributed by atoms with Crippen molar-refractivity contribution in [2.24, 2.45) is 0 Å². The first-order valence-electron chi connectivity index (χ1n) is 42.3. The zero-order chi connectivity index (χ0) is 93.4. The summed E-state index contributed by atoms with van der Waals surface area (Å²) in [6, 6.07) is 68.8. The van der Waals surface area contributed by atoms with Crippen LogP contribution in [0.15, 0.2) is 292 Å². The lowest BCUT2D eigenvalue weighted by Crippen LogP contribution is -2.29. The third kappa shape index (κ3) is 25.5. The van der Waals surface area contributed by atoms with Gasteiger partial charge in [0.25, 0.3) is 0 Å². The maximum absolute atomic E-state index is 12.4. The molecule has 8 aromatic carbocycles. The summed E-state index contributed by atoms with van der Waals surface area (Å²) in [6.07, 6.45) is 18.5. The van der Waals surface area contributed by atoms with Crippen LogP contribution in [0, 0.1) is 0 Å². The van der Waals surface area contributed by atoms with Gasteiger partial charge in [-0.05, 0) is 173 Å². The van der Waals surface area contributed by atoms with Crippen LogP contribution >= 0.6 is 0 Å². The van der Waals surface area contributed by atoms with Crippen LogP contribution in [0.3, 0.4) is 0 Å². The molecule has 8 heterocycles. The molecule has 0 aliphatic rings. The summed E-state index contributed by atoms with van der Waals surface area (Å²) in [5, 5.41) is 27.3. The van der Waals surface area contributed by atoms with Crippen LogP contribution in [0.2, 0.25) is 0 Å². The molecule has 16 rings (SSSR count). The maximum Gasteiger partial charge on any atom is 0.246 e. The number of hydrogen-bond acceptors (Lipinski definition) is 27. The van der Waals surface area contributed by atoms with E-state index in [1.165, 1.54) is 43.5 Å². The molecule has 35 heteroatoms. The molecule has 0 aliphatic carbocycles. The number of rotatable bonds is 34. The number of likely N-dealkylation sites (N-methyl/N-ethyl adjacent to an activating group) is 3. The predicted octanol–water partition coefficient (Wildman–Crippen LogP) is 13.7. The van der Waals surface area contributed by atoms with Gasteiger partial charge in [0.1, 0.15) is 117 Å². The van der Waals surface area contributed by atoms with Crippen LogP contribution in [0.4, 0.5) is 23.3 Å². The molecule has 678 valence electrons. The average Bonchev–Trinajstić information content (AvgIpc) is 1.65. The Bertz CT molecular complexity index is 6680. The summed E-state index contributed by atoms with van der Waals surface area (Å²) < 4.78 is 40.3. The minimum atomic E-state index is -0.202. The number of allylic oxidation sites excluding steroid dienone is 1. The number of hydrogen-bond donors (Lipinski definition) is 6. The standard InChI is InChI=1S/C26H29N7O2.C25H26N6O3.C24H24N6O3.C23H22N6O2/c1-31(2)15-7-10-22(34)32(3)16-17-33-26-23(25(27)28-18-29-26)24(30-33)19-11-13-21(14-12-19)35-20-8-5-4-6-9-20;1-30(21(32)9-6-16-33-2)14-15-31-25-22(24(26)27-17-28-25)23(29-31)18-10-12-20(13-11-18)34-19-7-4-3-5-8-19;1-32-15-5-8-20(31)26-13-14-30-24-21(23(25)27-16-28-24)22(29-30)17-9-11-19(12-10-17)33-18-6-3-2-4-7-18;1-2-6-19(30)25-13-14-29-23-20(22(24)26-15-27-23)21(28-29)16-9-11-18(12-10-16)31-17-7-4-3-5-8-17/h4-14,18H,15-17H2,1-3H3,(H2,27,28,29);3-13,17H,14-16H2,1-2H3,(H2,26,27,28);2-12,16H,13-15H2,1H3,(H,26,31)(H2,25,27,28);2-12,15H,13-14H2,1H3,(H,25,30)(H2,24,26,27)/b10-7+;9-6+;8-5+;6-2+. The number of nitrogens with two attached hydrogens (primary N) is 4. The van der Waals surface area contributed by atoms with Crippen LogP contribution < -0.4 is 52.5 Å². The zero-order valence-corrected chi connectivity index (χ0v) is 74.4. The Hall–Kier alpha value is -16.9. The Kier molecular flexibility index (Phi) is 32.9. The first-order valence-corrected chi connectivity index (χ1v) is 42.3. The summed E-state index contributed by atoms with van der Waals surface area (Å²) in [6.45, 7) is 6.75. The summed E-state index contributed by atoms with van der Waals surface area (Å²) in [5.41, 5.74) is 33.3. The lowest BCUT2D eigenvalue weighted by atomic mass is 10.1. The molecular formula is C98H101N25O10. The number of anilines is 4. The van der Waals surface area contributed by atoms with Crippen LogP contribution in [0.25, 0.3) is 89.2 Å². The molecule has 0 unspecified atom stereocenters. The molecular weight excluding hydrogens is 1690 g/mol. The van der Waals surface area contributed by atoms with Crippen molar-refractivity contribution < 1.29 is 47.6 Å². The van der Waals surface area contributed by atoms with Crippen molar-refractivity contribution in [2.75, 3.05) is 111 Å². The van der Waals surface area contributed by atoms with Gasteiger partial charge in [-0.2, -0.15) is 20.4 Å². The van der Waals surface area contributed by atoms with Gasteiger partial charge in [-0.1, -0.05) is 97.1 Å². The quantitative estimate of drug-likeness (QED) is 0.0204. The number of nitrogens with zero attached hydrogens (tertiary/aromatic N) is 19. The Balaban J connectivity index is 0.000000151. The van der Waals surface area contributed by atoms with Crippen LogP contribution in [0.5, 0.6) is 46.0 Å². The molecule has 35 nitrogen and oxygen atoms in total. The van der Waals surface area contributed by atoms with E-state index in [1.807, 2.05) is 243 Å². The van der Waals surface area contributed by atoms with Gasteiger partial charge in [-0.15, -0.1) is 0 Å². The van der Waals surface area contributed by atoms with E-state index in [1.54, 1.807) is 88.1 Å². The summed E-state index contributed by atoms with van der Waals surface area (Å²) in [5.74, 6) is 6.79. The number of methoxy groups -OCH3 is 2. The van der Waals surface area contributed by atoms with Gasteiger partial charge in [0.15, 0.2) is 22.6 Å². The lowest BCUT2D eigenvalue weighted by Gasteiger charge is -2.15. The molecule has 0 fully saturated rings. The van der Waals surface area contributed by atoms with E-state index in [0.29, 0.717) is 174 Å². The van der Waals surface area contributed by atoms with Crippen molar-refractivity contribution in [3.8, 4) is 91.0 Å². The second-order valence-corrected chi connectivity index (χ2v) is 29.9. The first-order chi connectivity index (χ1) is 64.8. The lowest BCUT2D eigenvalue weighted by molar-refractivity contribution is -0.125. The zero-order valence-electron chi connectivity index (χ0n) is 74.4. The van der Waals surface area contributed by atoms with E-state index in [0.717, 1.165) is 56.8 Å². The molecule has 8 aromatic heterocycles. The number of fused-ring (bicyclic) bond motifs is 4. The number of carbonyl (C=O) groups excluding carboxylic acids is 4. The SMILES string of the molecule is C/C=C/C(=O)NCCn1nc(-c2ccc(Oc3ccccc3)cc2)c2c(N)ncnc21.CN(C)C/C=C/C(=O)N(C)CCn1nc(-c2ccc(Oc3ccccc3)cc2)c2c(N)ncnc21.COC/C=C/C(=O)N(C)CCn1nc(-c2ccc(Oc3ccccc3)cc2)c2c(N)ncnc21.COC/C=C/C(=O)NCCn1nc(-c2ccc(Oc3ccccc3)cc2)c2c(N)ncnc21. The normalized spacial score (nSPS) is 11.2. The minimum absolute atomic E-state index is 0.0633. The average molecular weight is 1790 g/mol. The predicted molar refractivity (Wildman–Crippen MR) is 513 cm³/mol. The van der Waals surface area contributed by atoms with E-state index in [9.17, 15) is 19.2 Å². The number of amides is 4. The molecule has 133 heavy (non-hydrogen) atoms. The van der Waals surface area contributed by atoms with E-state index in [2.05, 4.69) is 50.5 Å². The Morgan fingerprint density at radius 3 is 0.880 bits per heavy atom. The highest BCUT2D eigenvalue weighted by Gasteiger charge is 2.24. The fraction of sp³-hybridized carbons (Fsp3) is 0.184. The largest absolute Gasteiger partial charge is 0.457 e. The number of nitrogen functional groups attached to an aromatic ring is 4. The molecule has 4 amide bonds. The van der Waals surface area contributed by atoms with E-state index >= 15 is 0 Å². The highest BCUT2D eigenvalue weighted by atomic mass is 16.5. The fourth-order valence-corrected chi connectivity index (χ4v) is 13.4. The van der Waals surface area contributed by atoms with Gasteiger partial charge in [-0.3, -0.25) is 19.2 Å². The number of ether oxygens (including phenoxy) is 6. The van der Waals surface area contributed by atoms with Crippen molar-refractivity contribution in [1.29, 1.82) is 0 Å². The molecule has 16 aromatic rings. The summed E-state index contributed by atoms with van der Waals surface area (Å²) in [7, 11) is 10.6. The van der Waals surface area contributed by atoms with Gasteiger partial charge in [0, 0.05) is 102 Å². The monoisotopic (exact) mass is 1790 g/mol. The molecule has 0 bridgehead atoms. The Morgan fingerprint density at radius 1 is 0.338 bits per heavy atom. The highest BCUT2D eigenvalue weighted by Crippen LogP contribution is 2.38. The molecule has 0 atom stereocenters. The van der Waals surface area contributed by atoms with Gasteiger partial charge >= 0.3 is 0 Å².